The van der Waals surface area contributed by atoms with Crippen LogP contribution in [0, 0.1) is 11.3 Å². The van der Waals surface area contributed by atoms with Crippen LogP contribution in [0.2, 0.25) is 0 Å². The number of amides is 1. The minimum absolute atomic E-state index is 0.145. The van der Waals surface area contributed by atoms with Crippen molar-refractivity contribution in [2.24, 2.45) is 0 Å². The highest BCUT2D eigenvalue weighted by molar-refractivity contribution is 8.01. The predicted octanol–water partition coefficient (Wildman–Crippen LogP) is 4.38. The van der Waals surface area contributed by atoms with Gasteiger partial charge >= 0.3 is 0 Å². The normalized spacial score (nSPS) is 11.8. The molecule has 0 spiro atoms. The fourth-order valence-electron chi connectivity index (χ4n) is 2.13. The molecule has 0 aromatic carbocycles. The van der Waals surface area contributed by atoms with Gasteiger partial charge in [-0.15, -0.1) is 10.2 Å². The maximum absolute atomic E-state index is 12.6. The summed E-state index contributed by atoms with van der Waals surface area (Å²) in [7, 11) is 0. The van der Waals surface area contributed by atoms with E-state index in [-0.39, 0.29) is 11.2 Å². The van der Waals surface area contributed by atoms with Crippen molar-refractivity contribution in [3.63, 3.8) is 0 Å². The van der Waals surface area contributed by atoms with E-state index in [1.165, 1.54) is 23.1 Å². The lowest BCUT2D eigenvalue weighted by atomic mass is 10.2. The van der Waals surface area contributed by atoms with Crippen LogP contribution in [0.15, 0.2) is 21.5 Å². The summed E-state index contributed by atoms with van der Waals surface area (Å²) in [4.78, 5) is 17.2. The minimum Gasteiger partial charge on any atom is -0.300 e. The first-order valence-electron chi connectivity index (χ1n) is 8.45. The Morgan fingerprint density at radius 1 is 1.35 bits per heavy atom. The number of aryl methyl sites for hydroxylation is 1. The molecule has 0 fully saturated rings. The van der Waals surface area contributed by atoms with Gasteiger partial charge in [0.05, 0.1) is 10.8 Å². The number of nitrogens with one attached hydrogen (secondary N) is 1. The zero-order chi connectivity index (χ0) is 18.9. The lowest BCUT2D eigenvalue weighted by Gasteiger charge is -2.14. The molecule has 0 saturated carbocycles. The molecule has 0 aliphatic heterocycles. The van der Waals surface area contributed by atoms with Gasteiger partial charge in [-0.25, -0.2) is 4.98 Å². The summed E-state index contributed by atoms with van der Waals surface area (Å²) in [5.41, 5.74) is 1.44. The maximum atomic E-state index is 12.6. The number of aromatic nitrogens is 3. The first-order chi connectivity index (χ1) is 12.6. The average Bonchev–Trinajstić information content (AvgIpc) is 3.07. The van der Waals surface area contributed by atoms with Crippen LogP contribution < -0.4 is 5.32 Å². The molecule has 1 amide bonds. The Bertz CT molecular complexity index is 787. The van der Waals surface area contributed by atoms with Crippen molar-refractivity contribution in [2.45, 2.75) is 54.6 Å². The molecule has 1 atom stereocenters. The van der Waals surface area contributed by atoms with Gasteiger partial charge in [0, 0.05) is 5.69 Å². The number of carbonyl (C=O) groups is 1. The molecule has 0 saturated heterocycles. The van der Waals surface area contributed by atoms with Crippen LogP contribution in [-0.4, -0.2) is 32.1 Å². The van der Waals surface area contributed by atoms with Gasteiger partial charge in [0.1, 0.15) is 11.1 Å². The van der Waals surface area contributed by atoms with Crippen molar-refractivity contribution < 1.29 is 4.79 Å². The Morgan fingerprint density at radius 3 is 2.81 bits per heavy atom. The summed E-state index contributed by atoms with van der Waals surface area (Å²) < 4.78 is 0.837. The largest absolute Gasteiger partial charge is 0.300 e. The molecule has 0 aliphatic rings. The van der Waals surface area contributed by atoms with Crippen molar-refractivity contribution in [2.75, 3.05) is 11.1 Å². The van der Waals surface area contributed by atoms with E-state index in [9.17, 15) is 10.1 Å². The molecule has 2 heterocycles. The Hall–Kier alpha value is -1.63. The van der Waals surface area contributed by atoms with E-state index in [0.717, 1.165) is 28.6 Å². The van der Waals surface area contributed by atoms with E-state index < -0.39 is 0 Å². The third-order valence-corrected chi connectivity index (χ3v) is 6.59. The average molecular weight is 408 g/mol. The van der Waals surface area contributed by atoms with Gasteiger partial charge in [0.15, 0.2) is 4.34 Å². The standard InChI is InChI=1S/C17H21N5OS3/c1-4-7-12-9-8-11(10-18)15(19-12)25-13(5-2)14(23)20-16-21-22-17(26-16)24-6-3/h8-9,13H,4-7H2,1-3H3,(H,20,21,23). The van der Waals surface area contributed by atoms with Crippen molar-refractivity contribution in [1.82, 2.24) is 15.2 Å². The van der Waals surface area contributed by atoms with Crippen LogP contribution in [0.3, 0.4) is 0 Å². The summed E-state index contributed by atoms with van der Waals surface area (Å²) in [6, 6.07) is 5.82. The first-order valence-corrected chi connectivity index (χ1v) is 11.1. The van der Waals surface area contributed by atoms with Gasteiger partial charge in [0.2, 0.25) is 11.0 Å². The third kappa shape index (κ3) is 5.69. The molecule has 0 aliphatic carbocycles. The number of thioether (sulfide) groups is 2. The number of hydrogen-bond donors (Lipinski definition) is 1. The molecule has 2 aromatic heterocycles. The van der Waals surface area contributed by atoms with E-state index in [4.69, 9.17) is 0 Å². The van der Waals surface area contributed by atoms with Crippen molar-refractivity contribution in [3.05, 3.63) is 23.4 Å². The maximum Gasteiger partial charge on any atom is 0.239 e. The molecule has 1 N–H and O–H groups in total. The van der Waals surface area contributed by atoms with Gasteiger partial charge in [-0.3, -0.25) is 10.1 Å². The molecule has 138 valence electrons. The first kappa shape index (κ1) is 20.7. The Kier molecular flexibility index (Phi) is 8.35. The molecule has 2 rings (SSSR count). The molecule has 0 radical (unpaired) electrons. The third-order valence-electron chi connectivity index (χ3n) is 3.37. The highest BCUT2D eigenvalue weighted by Crippen LogP contribution is 2.30. The number of hydrogen-bond acceptors (Lipinski definition) is 8. The summed E-state index contributed by atoms with van der Waals surface area (Å²) in [6.45, 7) is 6.07. The lowest BCUT2D eigenvalue weighted by molar-refractivity contribution is -0.115. The van der Waals surface area contributed by atoms with E-state index in [1.807, 2.05) is 19.9 Å². The van der Waals surface area contributed by atoms with Crippen molar-refractivity contribution in [3.8, 4) is 6.07 Å². The Morgan fingerprint density at radius 2 is 2.15 bits per heavy atom. The highest BCUT2D eigenvalue weighted by Gasteiger charge is 2.22. The summed E-state index contributed by atoms with van der Waals surface area (Å²) in [6.07, 6.45) is 2.46. The second kappa shape index (κ2) is 10.5. The van der Waals surface area contributed by atoms with Crippen LogP contribution in [0.4, 0.5) is 5.13 Å². The summed E-state index contributed by atoms with van der Waals surface area (Å²) >= 11 is 4.29. The lowest BCUT2D eigenvalue weighted by Crippen LogP contribution is -2.24. The second-order valence-electron chi connectivity index (χ2n) is 5.33. The van der Waals surface area contributed by atoms with E-state index in [2.05, 4.69) is 33.5 Å². The number of pyridine rings is 1. The monoisotopic (exact) mass is 407 g/mol. The fourth-order valence-corrected chi connectivity index (χ4v) is 4.80. The van der Waals surface area contributed by atoms with Crippen LogP contribution >= 0.6 is 34.9 Å². The van der Waals surface area contributed by atoms with E-state index in [0.29, 0.717) is 22.1 Å². The topological polar surface area (TPSA) is 91.6 Å². The smallest absolute Gasteiger partial charge is 0.239 e. The molecular formula is C17H21N5OS3. The van der Waals surface area contributed by atoms with E-state index >= 15 is 0 Å². The highest BCUT2D eigenvalue weighted by atomic mass is 32.2. The molecular weight excluding hydrogens is 386 g/mol. The Labute approximate surface area is 166 Å². The number of carbonyl (C=O) groups excluding carboxylic acids is 1. The zero-order valence-corrected chi connectivity index (χ0v) is 17.4. The quantitative estimate of drug-likeness (QED) is 0.487. The van der Waals surface area contributed by atoms with Gasteiger partial charge in [-0.1, -0.05) is 62.1 Å². The van der Waals surface area contributed by atoms with Crippen molar-refractivity contribution in [1.29, 1.82) is 5.26 Å². The van der Waals surface area contributed by atoms with Crippen LogP contribution in [0.5, 0.6) is 0 Å². The predicted molar refractivity (Wildman–Crippen MR) is 108 cm³/mol. The molecule has 6 nitrogen and oxygen atoms in total. The van der Waals surface area contributed by atoms with E-state index in [1.54, 1.807) is 17.8 Å². The molecule has 0 bridgehead atoms. The summed E-state index contributed by atoms with van der Waals surface area (Å²) in [5, 5.41) is 21.0. The van der Waals surface area contributed by atoms with Crippen LogP contribution in [-0.2, 0) is 11.2 Å². The zero-order valence-electron chi connectivity index (χ0n) is 15.0. The molecule has 9 heteroatoms. The van der Waals surface area contributed by atoms with Gasteiger partial charge < -0.3 is 0 Å². The Balaban J connectivity index is 2.11. The number of rotatable bonds is 9. The number of anilines is 1. The number of nitrogens with zero attached hydrogens (tertiary/aromatic N) is 4. The molecule has 26 heavy (non-hydrogen) atoms. The van der Waals surface area contributed by atoms with Crippen LogP contribution in [0.25, 0.3) is 0 Å². The van der Waals surface area contributed by atoms with Crippen molar-refractivity contribution >= 4 is 45.9 Å². The molecule has 2 aromatic rings. The van der Waals surface area contributed by atoms with Crippen LogP contribution in [0.1, 0.15) is 44.9 Å². The number of nitriles is 1. The molecule has 1 unspecified atom stereocenters. The SMILES string of the molecule is CCCc1ccc(C#N)c(SC(CC)C(=O)Nc2nnc(SCC)s2)n1. The fraction of sp³-hybridized carbons (Fsp3) is 0.471. The summed E-state index contributed by atoms with van der Waals surface area (Å²) in [5.74, 6) is 0.764. The van der Waals surface area contributed by atoms with Gasteiger partial charge in [0.25, 0.3) is 0 Å². The minimum atomic E-state index is -0.349. The second-order valence-corrected chi connectivity index (χ2v) is 9.01. The van der Waals surface area contributed by atoms with Gasteiger partial charge in [-0.2, -0.15) is 5.26 Å². The van der Waals surface area contributed by atoms with Gasteiger partial charge in [-0.05, 0) is 30.7 Å².